The Hall–Kier alpha value is -3.68. The molecule has 4 N–H and O–H groups in total. The van der Waals surface area contributed by atoms with Gasteiger partial charge in [-0.15, -0.1) is 0 Å². The van der Waals surface area contributed by atoms with Crippen molar-refractivity contribution in [1.82, 2.24) is 19.9 Å². The number of nitrogens with zero attached hydrogens (tertiary/aromatic N) is 2. The number of pyridine rings is 1. The number of aromatic nitrogens is 3. The summed E-state index contributed by atoms with van der Waals surface area (Å²) in [6.45, 7) is 0.271. The molecule has 3 aromatic rings. The fraction of sp³-hybridized carbons (Fsp3) is 0.158. The monoisotopic (exact) mass is 365 g/mol. The van der Waals surface area contributed by atoms with Crippen LogP contribution in [0, 0.1) is 0 Å². The SMILES string of the molecule is NC(=O)C(CCNC(=O)c1ccc(-n2ccccc2=O)cc1)c1ncc[nH]1. The predicted molar refractivity (Wildman–Crippen MR) is 99.5 cm³/mol. The topological polar surface area (TPSA) is 123 Å². The fourth-order valence-corrected chi connectivity index (χ4v) is 2.73. The molecule has 0 saturated heterocycles. The molecular formula is C19H19N5O3. The smallest absolute Gasteiger partial charge is 0.255 e. The van der Waals surface area contributed by atoms with E-state index in [1.807, 2.05) is 0 Å². The maximum atomic E-state index is 12.3. The van der Waals surface area contributed by atoms with Gasteiger partial charge >= 0.3 is 0 Å². The second-order valence-corrected chi connectivity index (χ2v) is 5.93. The number of hydrogen-bond acceptors (Lipinski definition) is 4. The Kier molecular flexibility index (Phi) is 5.46. The number of amides is 2. The van der Waals surface area contributed by atoms with E-state index in [4.69, 9.17) is 5.73 Å². The molecule has 2 amide bonds. The van der Waals surface area contributed by atoms with Crippen LogP contribution in [0.25, 0.3) is 5.69 Å². The third-order valence-corrected chi connectivity index (χ3v) is 4.14. The van der Waals surface area contributed by atoms with E-state index in [1.54, 1.807) is 55.0 Å². The van der Waals surface area contributed by atoms with Gasteiger partial charge in [-0.25, -0.2) is 4.98 Å². The van der Waals surface area contributed by atoms with Crippen molar-refractivity contribution >= 4 is 11.8 Å². The highest BCUT2D eigenvalue weighted by molar-refractivity contribution is 5.94. The molecule has 27 heavy (non-hydrogen) atoms. The molecule has 1 atom stereocenters. The van der Waals surface area contributed by atoms with E-state index in [1.165, 1.54) is 10.6 Å². The number of nitrogens with one attached hydrogen (secondary N) is 2. The van der Waals surface area contributed by atoms with E-state index in [2.05, 4.69) is 15.3 Å². The van der Waals surface area contributed by atoms with Gasteiger partial charge in [0.05, 0.1) is 5.92 Å². The van der Waals surface area contributed by atoms with Gasteiger partial charge in [-0.3, -0.25) is 19.0 Å². The second kappa shape index (κ2) is 8.13. The largest absolute Gasteiger partial charge is 0.369 e. The summed E-state index contributed by atoms with van der Waals surface area (Å²) in [4.78, 5) is 42.6. The number of H-pyrrole nitrogens is 1. The van der Waals surface area contributed by atoms with E-state index < -0.39 is 11.8 Å². The Bertz CT molecular complexity index is 977. The van der Waals surface area contributed by atoms with Gasteiger partial charge < -0.3 is 16.0 Å². The van der Waals surface area contributed by atoms with Crippen LogP contribution in [0.5, 0.6) is 0 Å². The van der Waals surface area contributed by atoms with Crippen LogP contribution < -0.4 is 16.6 Å². The summed E-state index contributed by atoms with van der Waals surface area (Å²) in [6, 6.07) is 11.6. The van der Waals surface area contributed by atoms with E-state index in [-0.39, 0.29) is 18.0 Å². The molecule has 3 rings (SSSR count). The molecule has 0 aliphatic rings. The van der Waals surface area contributed by atoms with Crippen molar-refractivity contribution in [3.8, 4) is 5.69 Å². The van der Waals surface area contributed by atoms with Gasteiger partial charge in [-0.1, -0.05) is 6.07 Å². The van der Waals surface area contributed by atoms with Crippen LogP contribution in [0.1, 0.15) is 28.5 Å². The summed E-state index contributed by atoms with van der Waals surface area (Å²) in [7, 11) is 0. The van der Waals surface area contributed by atoms with Gasteiger partial charge in [0, 0.05) is 42.5 Å². The van der Waals surface area contributed by atoms with Gasteiger partial charge in [-0.2, -0.15) is 0 Å². The molecule has 2 aromatic heterocycles. The Morgan fingerprint density at radius 2 is 1.96 bits per heavy atom. The molecule has 0 aliphatic carbocycles. The molecule has 8 heteroatoms. The molecule has 0 bridgehead atoms. The zero-order valence-electron chi connectivity index (χ0n) is 14.5. The molecule has 2 heterocycles. The van der Waals surface area contributed by atoms with Gasteiger partial charge in [0.1, 0.15) is 5.82 Å². The maximum absolute atomic E-state index is 12.3. The van der Waals surface area contributed by atoms with Crippen molar-refractivity contribution in [2.24, 2.45) is 5.73 Å². The molecule has 0 fully saturated rings. The van der Waals surface area contributed by atoms with Gasteiger partial charge in [-0.05, 0) is 36.8 Å². The number of aromatic amines is 1. The number of primary amides is 1. The first-order chi connectivity index (χ1) is 13.1. The minimum Gasteiger partial charge on any atom is -0.369 e. The third-order valence-electron chi connectivity index (χ3n) is 4.14. The lowest BCUT2D eigenvalue weighted by Crippen LogP contribution is -2.30. The number of benzene rings is 1. The molecule has 8 nitrogen and oxygen atoms in total. The van der Waals surface area contributed by atoms with E-state index in [0.29, 0.717) is 23.5 Å². The number of carbonyl (C=O) groups excluding carboxylic acids is 2. The van der Waals surface area contributed by atoms with E-state index in [9.17, 15) is 14.4 Å². The highest BCUT2D eigenvalue weighted by atomic mass is 16.2. The van der Waals surface area contributed by atoms with Crippen LogP contribution in [0.15, 0.2) is 65.8 Å². The number of rotatable bonds is 7. The van der Waals surface area contributed by atoms with Crippen molar-refractivity contribution in [3.63, 3.8) is 0 Å². The summed E-state index contributed by atoms with van der Waals surface area (Å²) in [5, 5.41) is 2.76. The Balaban J connectivity index is 1.61. The number of nitrogens with two attached hydrogens (primary N) is 1. The molecule has 1 unspecified atom stereocenters. The first-order valence-electron chi connectivity index (χ1n) is 8.41. The first-order valence-corrected chi connectivity index (χ1v) is 8.41. The van der Waals surface area contributed by atoms with Crippen LogP contribution in [0.4, 0.5) is 0 Å². The summed E-state index contributed by atoms with van der Waals surface area (Å²) in [5.41, 5.74) is 6.38. The summed E-state index contributed by atoms with van der Waals surface area (Å²) in [6.07, 6.45) is 5.16. The van der Waals surface area contributed by atoms with Gasteiger partial charge in [0.25, 0.3) is 11.5 Å². The third kappa shape index (κ3) is 4.30. The number of carbonyl (C=O) groups is 2. The summed E-state index contributed by atoms with van der Waals surface area (Å²) in [5.74, 6) is -0.886. The second-order valence-electron chi connectivity index (χ2n) is 5.93. The Labute approximate surface area is 155 Å². The molecule has 0 spiro atoms. The average Bonchev–Trinajstić information content (AvgIpc) is 3.19. The van der Waals surface area contributed by atoms with Gasteiger partial charge in [0.2, 0.25) is 5.91 Å². The summed E-state index contributed by atoms with van der Waals surface area (Å²) < 4.78 is 1.49. The molecule has 1 aromatic carbocycles. The zero-order chi connectivity index (χ0) is 19.2. The van der Waals surface area contributed by atoms with Crippen LogP contribution in [0.2, 0.25) is 0 Å². The van der Waals surface area contributed by atoms with Crippen LogP contribution in [-0.2, 0) is 4.79 Å². The predicted octanol–water partition coefficient (Wildman–Crippen LogP) is 0.950. The first kappa shape index (κ1) is 18.1. The maximum Gasteiger partial charge on any atom is 0.255 e. The highest BCUT2D eigenvalue weighted by Gasteiger charge is 2.20. The van der Waals surface area contributed by atoms with Crippen LogP contribution in [0.3, 0.4) is 0 Å². The lowest BCUT2D eigenvalue weighted by molar-refractivity contribution is -0.119. The molecular weight excluding hydrogens is 346 g/mol. The highest BCUT2D eigenvalue weighted by Crippen LogP contribution is 2.14. The van der Waals surface area contributed by atoms with Crippen molar-refractivity contribution < 1.29 is 9.59 Å². The Morgan fingerprint density at radius 3 is 2.59 bits per heavy atom. The standard InChI is InChI=1S/C19H19N5O3/c20-17(26)15(18-21-10-11-22-18)8-9-23-19(27)13-4-6-14(7-5-13)24-12-2-1-3-16(24)25/h1-7,10-12,15H,8-9H2,(H2,20,26)(H,21,22)(H,23,27). The fourth-order valence-electron chi connectivity index (χ4n) is 2.73. The van der Waals surface area contributed by atoms with Crippen molar-refractivity contribution in [2.75, 3.05) is 6.54 Å². The number of imidazole rings is 1. The molecule has 0 radical (unpaired) electrons. The quantitative estimate of drug-likeness (QED) is 0.577. The minimum atomic E-state index is -0.590. The minimum absolute atomic E-state index is 0.148. The summed E-state index contributed by atoms with van der Waals surface area (Å²) >= 11 is 0. The lowest BCUT2D eigenvalue weighted by Gasteiger charge is -2.12. The average molecular weight is 365 g/mol. The molecule has 0 aliphatic heterocycles. The lowest BCUT2D eigenvalue weighted by atomic mass is 10.0. The van der Waals surface area contributed by atoms with Gasteiger partial charge in [0.15, 0.2) is 0 Å². The zero-order valence-corrected chi connectivity index (χ0v) is 14.5. The van der Waals surface area contributed by atoms with Crippen molar-refractivity contribution in [1.29, 1.82) is 0 Å². The molecule has 138 valence electrons. The van der Waals surface area contributed by atoms with Crippen LogP contribution >= 0.6 is 0 Å². The van der Waals surface area contributed by atoms with Crippen LogP contribution in [-0.4, -0.2) is 32.9 Å². The number of hydrogen-bond donors (Lipinski definition) is 3. The van der Waals surface area contributed by atoms with Crippen molar-refractivity contribution in [2.45, 2.75) is 12.3 Å². The normalized spacial score (nSPS) is 11.7. The Morgan fingerprint density at radius 1 is 1.19 bits per heavy atom. The van der Waals surface area contributed by atoms with E-state index >= 15 is 0 Å². The van der Waals surface area contributed by atoms with E-state index in [0.717, 1.165) is 0 Å². The molecule has 0 saturated carbocycles. The van der Waals surface area contributed by atoms with Crippen molar-refractivity contribution in [3.05, 3.63) is 82.8 Å².